The molecule has 0 saturated heterocycles. The molecule has 3 rings (SSSR count). The van der Waals surface area contributed by atoms with Crippen LogP contribution in [-0.4, -0.2) is 16.5 Å². The van der Waals surface area contributed by atoms with Crippen LogP contribution in [0.25, 0.3) is 11.6 Å². The highest BCUT2D eigenvalue weighted by atomic mass is 16.3. The van der Waals surface area contributed by atoms with Gasteiger partial charge in [-0.15, -0.1) is 0 Å². The van der Waals surface area contributed by atoms with Crippen LogP contribution in [0.2, 0.25) is 0 Å². The van der Waals surface area contributed by atoms with Crippen molar-refractivity contribution in [3.05, 3.63) is 35.3 Å². The first kappa shape index (κ1) is 12.4. The molecule has 0 spiro atoms. The summed E-state index contributed by atoms with van der Waals surface area (Å²) in [5.74, 6) is 2.34. The Labute approximate surface area is 113 Å². The van der Waals surface area contributed by atoms with Crippen LogP contribution in [0, 0.1) is 6.92 Å². The first-order chi connectivity index (χ1) is 9.28. The van der Waals surface area contributed by atoms with E-state index in [9.17, 15) is 0 Å². The average Bonchev–Trinajstić information content (AvgIpc) is 2.86. The molecule has 2 heterocycles. The molecule has 0 saturated carbocycles. The minimum absolute atomic E-state index is 0.404. The average molecular weight is 257 g/mol. The van der Waals surface area contributed by atoms with E-state index < -0.39 is 0 Å². The fourth-order valence-corrected chi connectivity index (χ4v) is 2.68. The summed E-state index contributed by atoms with van der Waals surface area (Å²) in [6, 6.07) is 4.28. The van der Waals surface area contributed by atoms with Crippen LogP contribution in [0.4, 0.5) is 0 Å². The number of hydrogen-bond acceptors (Lipinski definition) is 4. The number of furan rings is 1. The summed E-state index contributed by atoms with van der Waals surface area (Å²) in [6.07, 6.45) is 5.34. The number of aromatic nitrogens is 2. The number of fused-ring (bicyclic) bond motifs is 1. The van der Waals surface area contributed by atoms with E-state index in [1.54, 1.807) is 0 Å². The number of nitrogens with one attached hydrogen (secondary N) is 1. The van der Waals surface area contributed by atoms with Crippen molar-refractivity contribution in [1.82, 2.24) is 15.3 Å². The molecule has 2 aromatic rings. The van der Waals surface area contributed by atoms with Gasteiger partial charge in [0.2, 0.25) is 0 Å². The molecular formula is C15H19N3O. The molecule has 2 aromatic heterocycles. The van der Waals surface area contributed by atoms with E-state index in [0.29, 0.717) is 11.9 Å². The number of hydrogen-bond donors (Lipinski definition) is 1. The molecular weight excluding hydrogens is 238 g/mol. The lowest BCUT2D eigenvalue weighted by molar-refractivity contribution is 0.463. The Hall–Kier alpha value is -1.68. The van der Waals surface area contributed by atoms with Crippen molar-refractivity contribution in [3.63, 3.8) is 0 Å². The summed E-state index contributed by atoms with van der Waals surface area (Å²) in [6.45, 7) is 5.04. The van der Waals surface area contributed by atoms with Crippen molar-refractivity contribution in [3.8, 4) is 11.6 Å². The van der Waals surface area contributed by atoms with Crippen LogP contribution in [-0.2, 0) is 6.42 Å². The first-order valence-electron chi connectivity index (χ1n) is 6.94. The van der Waals surface area contributed by atoms with Gasteiger partial charge in [-0.2, -0.15) is 0 Å². The first-order valence-corrected chi connectivity index (χ1v) is 6.94. The van der Waals surface area contributed by atoms with E-state index in [2.05, 4.69) is 22.2 Å². The van der Waals surface area contributed by atoms with Crippen LogP contribution in [0.1, 0.15) is 42.8 Å². The van der Waals surface area contributed by atoms with E-state index in [0.717, 1.165) is 30.2 Å². The fourth-order valence-electron chi connectivity index (χ4n) is 2.68. The largest absolute Gasteiger partial charge is 0.458 e. The van der Waals surface area contributed by atoms with Crippen LogP contribution in [0.15, 0.2) is 22.7 Å². The van der Waals surface area contributed by atoms with Crippen LogP contribution < -0.4 is 5.32 Å². The van der Waals surface area contributed by atoms with Crippen molar-refractivity contribution in [2.24, 2.45) is 0 Å². The smallest absolute Gasteiger partial charge is 0.195 e. The number of nitrogens with zero attached hydrogens (tertiary/aromatic N) is 2. The lowest BCUT2D eigenvalue weighted by Gasteiger charge is -2.25. The molecule has 0 fully saturated rings. The fraction of sp³-hybridized carbons (Fsp3) is 0.467. The van der Waals surface area contributed by atoms with Crippen molar-refractivity contribution >= 4 is 0 Å². The predicted molar refractivity (Wildman–Crippen MR) is 73.8 cm³/mol. The highest BCUT2D eigenvalue weighted by Gasteiger charge is 2.22. The van der Waals surface area contributed by atoms with Gasteiger partial charge in [0.1, 0.15) is 5.76 Å². The third-order valence-electron chi connectivity index (χ3n) is 3.59. The van der Waals surface area contributed by atoms with E-state index in [-0.39, 0.29) is 0 Å². The molecule has 0 aromatic carbocycles. The summed E-state index contributed by atoms with van der Waals surface area (Å²) in [7, 11) is 0. The normalized spacial score (nSPS) is 18.3. The summed E-state index contributed by atoms with van der Waals surface area (Å²) < 4.78 is 5.59. The molecule has 100 valence electrons. The topological polar surface area (TPSA) is 51.0 Å². The van der Waals surface area contributed by atoms with Crippen LogP contribution in [0.3, 0.4) is 0 Å². The molecule has 1 atom stereocenters. The minimum atomic E-state index is 0.404. The maximum Gasteiger partial charge on any atom is 0.195 e. The summed E-state index contributed by atoms with van der Waals surface area (Å²) >= 11 is 0. The molecule has 0 bridgehead atoms. The van der Waals surface area contributed by atoms with Crippen LogP contribution in [0.5, 0.6) is 0 Å². The van der Waals surface area contributed by atoms with Crippen molar-refractivity contribution in [2.45, 2.75) is 39.2 Å². The van der Waals surface area contributed by atoms with E-state index in [1.165, 1.54) is 18.4 Å². The Morgan fingerprint density at radius 1 is 1.42 bits per heavy atom. The second kappa shape index (κ2) is 5.13. The highest BCUT2D eigenvalue weighted by molar-refractivity contribution is 5.48. The van der Waals surface area contributed by atoms with E-state index in [1.807, 2.05) is 25.3 Å². The van der Waals surface area contributed by atoms with Gasteiger partial charge >= 0.3 is 0 Å². The third kappa shape index (κ3) is 2.40. The summed E-state index contributed by atoms with van der Waals surface area (Å²) in [5, 5.41) is 3.50. The Balaban J connectivity index is 1.95. The molecule has 0 aliphatic heterocycles. The molecule has 4 heteroatoms. The third-order valence-corrected chi connectivity index (χ3v) is 3.59. The molecule has 0 radical (unpaired) electrons. The van der Waals surface area contributed by atoms with Gasteiger partial charge in [0.05, 0.1) is 0 Å². The van der Waals surface area contributed by atoms with Crippen molar-refractivity contribution in [1.29, 1.82) is 0 Å². The second-order valence-electron chi connectivity index (χ2n) is 5.01. The van der Waals surface area contributed by atoms with Gasteiger partial charge in [-0.25, -0.2) is 9.97 Å². The standard InChI is InChI=1S/C15H19N3O/c1-3-16-12-5-4-6-13-11(12)9-17-15(18-13)14-8-7-10(2)19-14/h7-9,12,16H,3-6H2,1-2H3. The zero-order valence-corrected chi connectivity index (χ0v) is 11.4. The zero-order chi connectivity index (χ0) is 13.2. The monoisotopic (exact) mass is 257 g/mol. The maximum atomic E-state index is 5.59. The molecule has 4 nitrogen and oxygen atoms in total. The summed E-state index contributed by atoms with van der Waals surface area (Å²) in [5.41, 5.74) is 2.41. The van der Waals surface area contributed by atoms with Crippen molar-refractivity contribution < 1.29 is 4.42 Å². The maximum absolute atomic E-state index is 5.59. The molecule has 1 aliphatic carbocycles. The van der Waals surface area contributed by atoms with Gasteiger partial charge in [0, 0.05) is 23.5 Å². The van der Waals surface area contributed by atoms with E-state index >= 15 is 0 Å². The lowest BCUT2D eigenvalue weighted by atomic mass is 9.92. The lowest BCUT2D eigenvalue weighted by Crippen LogP contribution is -2.25. The SMILES string of the molecule is CCNC1CCCc2nc(-c3ccc(C)o3)ncc21. The summed E-state index contributed by atoms with van der Waals surface area (Å²) in [4.78, 5) is 9.15. The predicted octanol–water partition coefficient (Wildman–Crippen LogP) is 3.03. The van der Waals surface area contributed by atoms with Gasteiger partial charge in [-0.3, -0.25) is 0 Å². The van der Waals surface area contributed by atoms with Gasteiger partial charge < -0.3 is 9.73 Å². The quantitative estimate of drug-likeness (QED) is 0.918. The van der Waals surface area contributed by atoms with Gasteiger partial charge in [0.25, 0.3) is 0 Å². The Morgan fingerprint density at radius 3 is 3.05 bits per heavy atom. The van der Waals surface area contributed by atoms with E-state index in [4.69, 9.17) is 4.42 Å². The Kier molecular flexibility index (Phi) is 3.34. The van der Waals surface area contributed by atoms with Gasteiger partial charge in [-0.05, 0) is 44.9 Å². The molecule has 0 amide bonds. The second-order valence-corrected chi connectivity index (χ2v) is 5.01. The van der Waals surface area contributed by atoms with Crippen LogP contribution >= 0.6 is 0 Å². The molecule has 1 N–H and O–H groups in total. The Morgan fingerprint density at radius 2 is 2.32 bits per heavy atom. The van der Waals surface area contributed by atoms with Crippen molar-refractivity contribution in [2.75, 3.05) is 6.54 Å². The Bertz CT molecular complexity index is 577. The number of aryl methyl sites for hydroxylation is 2. The zero-order valence-electron chi connectivity index (χ0n) is 11.4. The van der Waals surface area contributed by atoms with Gasteiger partial charge in [-0.1, -0.05) is 6.92 Å². The minimum Gasteiger partial charge on any atom is -0.458 e. The molecule has 19 heavy (non-hydrogen) atoms. The molecule has 1 unspecified atom stereocenters. The van der Waals surface area contributed by atoms with Gasteiger partial charge in [0.15, 0.2) is 11.6 Å². The number of rotatable bonds is 3. The molecule has 1 aliphatic rings. The highest BCUT2D eigenvalue weighted by Crippen LogP contribution is 2.29.